The molecule has 76 valence electrons. The zero-order valence-corrected chi connectivity index (χ0v) is 9.57. The van der Waals surface area contributed by atoms with E-state index >= 15 is 0 Å². The van der Waals surface area contributed by atoms with Gasteiger partial charge in [-0.1, -0.05) is 0 Å². The zero-order chi connectivity index (χ0) is 9.68. The lowest BCUT2D eigenvalue weighted by molar-refractivity contribution is 0.298. The summed E-state index contributed by atoms with van der Waals surface area (Å²) in [6, 6.07) is 0. The minimum Gasteiger partial charge on any atom is -0.350 e. The van der Waals surface area contributed by atoms with Crippen LogP contribution in [0.25, 0.3) is 0 Å². The molecule has 0 bridgehead atoms. The molecule has 0 aromatic rings. The van der Waals surface area contributed by atoms with Crippen LogP contribution in [0.4, 0.5) is 0 Å². The van der Waals surface area contributed by atoms with E-state index in [-0.39, 0.29) is 0 Å². The third-order valence-electron chi connectivity index (χ3n) is 2.66. The molecule has 0 radical (unpaired) electrons. The van der Waals surface area contributed by atoms with E-state index in [0.29, 0.717) is 0 Å². The lowest BCUT2D eigenvalue weighted by Gasteiger charge is -2.34. The summed E-state index contributed by atoms with van der Waals surface area (Å²) in [5, 5.41) is 1.06. The summed E-state index contributed by atoms with van der Waals surface area (Å²) in [6.45, 7) is 8.72. The summed E-state index contributed by atoms with van der Waals surface area (Å²) in [6.07, 6.45) is 3.99. The largest absolute Gasteiger partial charge is 0.350 e. The standard InChI is InChI=1S/C10H20N2S/c1-3-11(4-2)10(13)12-8-6-5-7-9-12/h3-9H2,1-2H3. The molecule has 1 saturated heterocycles. The molecule has 1 heterocycles. The fourth-order valence-corrected chi connectivity index (χ4v) is 2.22. The lowest BCUT2D eigenvalue weighted by Crippen LogP contribution is -2.45. The van der Waals surface area contributed by atoms with Crippen LogP contribution >= 0.6 is 12.2 Å². The highest BCUT2D eigenvalue weighted by Gasteiger charge is 2.16. The maximum atomic E-state index is 5.45. The lowest BCUT2D eigenvalue weighted by atomic mass is 10.1. The Balaban J connectivity index is 2.44. The van der Waals surface area contributed by atoms with Gasteiger partial charge in [-0.05, 0) is 45.3 Å². The first-order valence-corrected chi connectivity index (χ1v) is 5.74. The van der Waals surface area contributed by atoms with Gasteiger partial charge in [0.15, 0.2) is 5.11 Å². The average Bonchev–Trinajstić information content (AvgIpc) is 2.21. The first-order chi connectivity index (χ1) is 6.29. The fourth-order valence-electron chi connectivity index (χ4n) is 1.78. The van der Waals surface area contributed by atoms with Crippen molar-refractivity contribution in [1.82, 2.24) is 9.80 Å². The molecule has 0 unspecified atom stereocenters. The first-order valence-electron chi connectivity index (χ1n) is 5.33. The van der Waals surface area contributed by atoms with Crippen molar-refractivity contribution in [3.63, 3.8) is 0 Å². The molecule has 0 aromatic carbocycles. The third-order valence-corrected chi connectivity index (χ3v) is 3.18. The van der Waals surface area contributed by atoms with E-state index < -0.39 is 0 Å². The van der Waals surface area contributed by atoms with E-state index in [1.54, 1.807) is 0 Å². The van der Waals surface area contributed by atoms with Gasteiger partial charge in [0, 0.05) is 26.2 Å². The highest BCUT2D eigenvalue weighted by Crippen LogP contribution is 2.11. The van der Waals surface area contributed by atoms with Crippen molar-refractivity contribution in [2.45, 2.75) is 33.1 Å². The summed E-state index contributed by atoms with van der Waals surface area (Å²) in [4.78, 5) is 4.62. The molecule has 1 fully saturated rings. The maximum absolute atomic E-state index is 5.45. The predicted octanol–water partition coefficient (Wildman–Crippen LogP) is 2.10. The smallest absolute Gasteiger partial charge is 0.171 e. The van der Waals surface area contributed by atoms with E-state index in [2.05, 4.69) is 23.6 Å². The highest BCUT2D eigenvalue weighted by molar-refractivity contribution is 7.80. The molecule has 0 spiro atoms. The van der Waals surface area contributed by atoms with Crippen LogP contribution in [0.3, 0.4) is 0 Å². The number of nitrogens with zero attached hydrogens (tertiary/aromatic N) is 2. The Bertz CT molecular complexity index is 160. The Morgan fingerprint density at radius 3 is 2.15 bits per heavy atom. The van der Waals surface area contributed by atoms with Gasteiger partial charge in [-0.2, -0.15) is 0 Å². The molecule has 0 saturated carbocycles. The SMILES string of the molecule is CCN(CC)C(=S)N1CCCCC1. The Morgan fingerprint density at radius 1 is 1.15 bits per heavy atom. The van der Waals surface area contributed by atoms with Crippen molar-refractivity contribution in [3.05, 3.63) is 0 Å². The molecule has 2 nitrogen and oxygen atoms in total. The van der Waals surface area contributed by atoms with Crippen LogP contribution in [0.2, 0.25) is 0 Å². The first kappa shape index (κ1) is 10.8. The van der Waals surface area contributed by atoms with Crippen molar-refractivity contribution in [3.8, 4) is 0 Å². The van der Waals surface area contributed by atoms with E-state index in [4.69, 9.17) is 12.2 Å². The second-order valence-corrected chi connectivity index (χ2v) is 3.87. The molecular weight excluding hydrogens is 180 g/mol. The molecule has 0 aromatic heterocycles. The molecule has 0 atom stereocenters. The van der Waals surface area contributed by atoms with Crippen LogP contribution in [-0.2, 0) is 0 Å². The quantitative estimate of drug-likeness (QED) is 0.630. The average molecular weight is 200 g/mol. The molecule has 1 aliphatic rings. The normalized spacial score (nSPS) is 17.2. The topological polar surface area (TPSA) is 6.48 Å². The van der Waals surface area contributed by atoms with Crippen molar-refractivity contribution in [2.75, 3.05) is 26.2 Å². The fraction of sp³-hybridized carbons (Fsp3) is 0.900. The zero-order valence-electron chi connectivity index (χ0n) is 8.75. The number of piperidine rings is 1. The summed E-state index contributed by atoms with van der Waals surface area (Å²) >= 11 is 5.45. The maximum Gasteiger partial charge on any atom is 0.171 e. The number of rotatable bonds is 2. The molecule has 3 heteroatoms. The Kier molecular flexibility index (Phi) is 4.50. The Morgan fingerprint density at radius 2 is 1.69 bits per heavy atom. The van der Waals surface area contributed by atoms with Gasteiger partial charge >= 0.3 is 0 Å². The van der Waals surface area contributed by atoms with E-state index in [1.165, 1.54) is 19.3 Å². The summed E-state index contributed by atoms with van der Waals surface area (Å²) in [5.74, 6) is 0. The monoisotopic (exact) mass is 200 g/mol. The molecule has 0 N–H and O–H groups in total. The Hall–Kier alpha value is -0.310. The van der Waals surface area contributed by atoms with Gasteiger partial charge in [0.1, 0.15) is 0 Å². The van der Waals surface area contributed by atoms with Gasteiger partial charge in [0.05, 0.1) is 0 Å². The van der Waals surface area contributed by atoms with Gasteiger partial charge in [0.25, 0.3) is 0 Å². The van der Waals surface area contributed by atoms with Gasteiger partial charge in [-0.3, -0.25) is 0 Å². The van der Waals surface area contributed by atoms with Gasteiger partial charge in [-0.15, -0.1) is 0 Å². The van der Waals surface area contributed by atoms with E-state index in [1.807, 2.05) is 0 Å². The number of hydrogen-bond donors (Lipinski definition) is 0. The van der Waals surface area contributed by atoms with E-state index in [9.17, 15) is 0 Å². The van der Waals surface area contributed by atoms with Gasteiger partial charge in [-0.25, -0.2) is 0 Å². The van der Waals surface area contributed by atoms with Crippen LogP contribution < -0.4 is 0 Å². The number of thiocarbonyl (C=S) groups is 1. The second-order valence-electron chi connectivity index (χ2n) is 3.50. The summed E-state index contributed by atoms with van der Waals surface area (Å²) < 4.78 is 0. The second kappa shape index (κ2) is 5.43. The summed E-state index contributed by atoms with van der Waals surface area (Å²) in [7, 11) is 0. The molecule has 1 rings (SSSR count). The van der Waals surface area contributed by atoms with E-state index in [0.717, 1.165) is 31.3 Å². The van der Waals surface area contributed by atoms with Crippen molar-refractivity contribution < 1.29 is 0 Å². The minimum absolute atomic E-state index is 1.03. The van der Waals surface area contributed by atoms with Crippen molar-refractivity contribution >= 4 is 17.3 Å². The third kappa shape index (κ3) is 2.83. The van der Waals surface area contributed by atoms with Crippen LogP contribution in [0, 0.1) is 0 Å². The predicted molar refractivity (Wildman–Crippen MR) is 60.9 cm³/mol. The van der Waals surface area contributed by atoms with Gasteiger partial charge < -0.3 is 9.80 Å². The van der Waals surface area contributed by atoms with Crippen LogP contribution in [0.5, 0.6) is 0 Å². The Labute approximate surface area is 86.9 Å². The van der Waals surface area contributed by atoms with Crippen LogP contribution in [0.15, 0.2) is 0 Å². The molecule has 0 aliphatic carbocycles. The van der Waals surface area contributed by atoms with Crippen molar-refractivity contribution in [2.24, 2.45) is 0 Å². The number of hydrogen-bond acceptors (Lipinski definition) is 1. The molecule has 1 aliphatic heterocycles. The minimum atomic E-state index is 1.03. The van der Waals surface area contributed by atoms with Crippen molar-refractivity contribution in [1.29, 1.82) is 0 Å². The highest BCUT2D eigenvalue weighted by atomic mass is 32.1. The van der Waals surface area contributed by atoms with Crippen LogP contribution in [-0.4, -0.2) is 41.1 Å². The number of likely N-dealkylation sites (tertiary alicyclic amines) is 1. The van der Waals surface area contributed by atoms with Gasteiger partial charge in [0.2, 0.25) is 0 Å². The van der Waals surface area contributed by atoms with Crippen LogP contribution in [0.1, 0.15) is 33.1 Å². The summed E-state index contributed by atoms with van der Waals surface area (Å²) in [5.41, 5.74) is 0. The molecular formula is C10H20N2S. The molecule has 13 heavy (non-hydrogen) atoms. The molecule has 0 amide bonds.